The van der Waals surface area contributed by atoms with E-state index in [9.17, 15) is 9.59 Å². The van der Waals surface area contributed by atoms with Crippen LogP contribution in [0.3, 0.4) is 0 Å². The van der Waals surface area contributed by atoms with Crippen LogP contribution in [-0.2, 0) is 50.4 Å². The molecule has 0 bridgehead atoms. The molecule has 4 aliphatic heterocycles. The molecule has 2 radical (unpaired) electrons. The molecule has 4 heterocycles. The van der Waals surface area contributed by atoms with E-state index in [-0.39, 0.29) is 89.7 Å². The molecule has 0 amide bonds. The third-order valence-electron chi connectivity index (χ3n) is 14.5. The fraction of sp³-hybridized carbons (Fsp3) is 0.900. The van der Waals surface area contributed by atoms with Gasteiger partial charge in [-0.05, 0) is 76.0 Å². The van der Waals surface area contributed by atoms with Crippen LogP contribution in [0.15, 0.2) is 0 Å². The maximum atomic E-state index is 13.1. The van der Waals surface area contributed by atoms with Crippen LogP contribution in [0, 0.1) is 58.2 Å². The summed E-state index contributed by atoms with van der Waals surface area (Å²) in [6.07, 6.45) is 2.06. The first-order valence-corrected chi connectivity index (χ1v) is 17.5. The summed E-state index contributed by atoms with van der Waals surface area (Å²) in [4.78, 5) is 31.2. The summed E-state index contributed by atoms with van der Waals surface area (Å²) in [5, 5.41) is 9.10. The van der Waals surface area contributed by atoms with E-state index in [4.69, 9.17) is 0 Å². The number of nitrogens with zero attached hydrogens (tertiary/aromatic N) is 4. The number of likely N-dealkylation sites (tertiary alicyclic amines) is 2. The van der Waals surface area contributed by atoms with Gasteiger partial charge in [0.15, 0.2) is 11.6 Å². The van der Waals surface area contributed by atoms with E-state index in [0.717, 1.165) is 52.1 Å². The van der Waals surface area contributed by atoms with Crippen molar-refractivity contribution in [2.75, 3.05) is 39.3 Å². The maximum Gasteiger partial charge on any atom is 0.155 e. The number of hydrogen-bond acceptors (Lipinski definition) is 4. The Morgan fingerprint density at radius 3 is 0.917 bits per heavy atom. The van der Waals surface area contributed by atoms with Gasteiger partial charge in [-0.2, -0.15) is 0 Å². The molecule has 0 N–H and O–H groups in total. The zero-order valence-corrected chi connectivity index (χ0v) is 39.6. The molecular formula is C40H72N4O2Re2-4. The Balaban J connectivity index is 0.000000443. The Hall–Kier alpha value is 0.505. The summed E-state index contributed by atoms with van der Waals surface area (Å²) in [5.74, 6) is 0.821. The van der Waals surface area contributed by atoms with E-state index >= 15 is 0 Å². The van der Waals surface area contributed by atoms with Crippen molar-refractivity contribution in [2.45, 2.75) is 147 Å². The normalized spacial score (nSPS) is 33.6. The molecule has 0 aromatic rings. The molecule has 48 heavy (non-hydrogen) atoms. The molecule has 4 atom stereocenters. The predicted molar refractivity (Wildman–Crippen MR) is 195 cm³/mol. The summed E-state index contributed by atoms with van der Waals surface area (Å²) in [5.41, 5.74) is 1.50. The quantitative estimate of drug-likeness (QED) is 0.260. The van der Waals surface area contributed by atoms with Gasteiger partial charge in [-0.3, -0.25) is 19.4 Å². The number of hydrogen-bond donors (Lipinski definition) is 0. The van der Waals surface area contributed by atoms with Gasteiger partial charge in [0, 0.05) is 75.8 Å². The molecule has 6 rings (SSSR count). The summed E-state index contributed by atoms with van der Waals surface area (Å²) in [6, 6.07) is 0.137. The first-order valence-electron chi connectivity index (χ1n) is 17.5. The smallest absolute Gasteiger partial charge is 0.155 e. The first kappa shape index (κ1) is 46.5. The summed E-state index contributed by atoms with van der Waals surface area (Å²) in [7, 11) is 0. The zero-order chi connectivity index (χ0) is 33.5. The second kappa shape index (κ2) is 13.1. The number of fused-ring (bicyclic) bond motifs is 2. The Bertz CT molecular complexity index is 1120. The Morgan fingerprint density at radius 2 is 0.771 bits per heavy atom. The largest absolute Gasteiger partial charge is 0.661 e. The molecule has 6 fully saturated rings. The summed E-state index contributed by atoms with van der Waals surface area (Å²) >= 11 is 0. The standard InChI is InChI=1S/2C19H33N2O.2CH3.2Re/c2*1-15(2,3)14(22)13-9-18(12-21(13)16(4,5)6)17(7,8)19(18)10-20-11-19;;;;/h2*13H,9-12H2,1-8H3;2*1H3;;/q4*-1;;/t13-,18+;13-,18-;;;;/m00..../s1. The molecule has 2 aliphatic carbocycles. The third-order valence-corrected chi connectivity index (χ3v) is 14.5. The molecule has 0 unspecified atom stereocenters. The Morgan fingerprint density at radius 1 is 0.521 bits per heavy atom. The van der Waals surface area contributed by atoms with Gasteiger partial charge >= 0.3 is 0 Å². The van der Waals surface area contributed by atoms with Crippen LogP contribution in [0.25, 0.3) is 10.6 Å². The maximum absolute atomic E-state index is 13.1. The molecule has 8 heteroatoms. The van der Waals surface area contributed by atoms with Gasteiger partial charge in [0.1, 0.15) is 0 Å². The Labute approximate surface area is 324 Å². The fourth-order valence-electron chi connectivity index (χ4n) is 10.9. The molecule has 6 nitrogen and oxygen atoms in total. The minimum atomic E-state index is -0.268. The second-order valence-electron chi connectivity index (χ2n) is 20.9. The third kappa shape index (κ3) is 6.02. The minimum absolute atomic E-state index is 0. The van der Waals surface area contributed by atoms with Gasteiger partial charge in [0.2, 0.25) is 0 Å². The van der Waals surface area contributed by atoms with Crippen molar-refractivity contribution in [1.29, 1.82) is 0 Å². The average molecular weight is 1010 g/mol. The SMILES string of the molecule is CC(C)(C)C(=O)[C@@H]1C[C@@]2(CN1C(C)(C)C)C(C)(C)C21C[N-]C1.CC(C)(C)C(=O)[C@@H]1C[C@]2(CN1C(C)(C)C)C(C)(C)C21C[N-]C1.[CH3-].[CH3-].[Re].[Re]. The van der Waals surface area contributed by atoms with Gasteiger partial charge in [0.05, 0.1) is 12.1 Å². The van der Waals surface area contributed by atoms with E-state index in [0.29, 0.717) is 44.1 Å². The topological polar surface area (TPSA) is 68.8 Å². The van der Waals surface area contributed by atoms with Gasteiger partial charge in [-0.1, -0.05) is 80.1 Å². The van der Waals surface area contributed by atoms with Crippen LogP contribution < -0.4 is 0 Å². The number of ketones is 2. The van der Waals surface area contributed by atoms with Gasteiger partial charge in [-0.25, -0.2) is 0 Å². The number of rotatable bonds is 2. The number of Topliss-reactive ketones (excluding diaryl/α,β-unsaturated/α-hetero) is 2. The van der Waals surface area contributed by atoms with E-state index in [2.05, 4.69) is 131 Å². The van der Waals surface area contributed by atoms with E-state index in [1.165, 1.54) is 0 Å². The minimum Gasteiger partial charge on any atom is -0.661 e. The van der Waals surface area contributed by atoms with Crippen molar-refractivity contribution >= 4 is 11.6 Å². The molecule has 0 aromatic carbocycles. The van der Waals surface area contributed by atoms with Crippen molar-refractivity contribution in [3.63, 3.8) is 0 Å². The van der Waals surface area contributed by atoms with Crippen molar-refractivity contribution in [3.05, 3.63) is 25.5 Å². The average Bonchev–Trinajstić information content (AvgIpc) is 3.17. The van der Waals surface area contributed by atoms with Gasteiger partial charge in [-0.15, -0.1) is 26.2 Å². The molecule has 6 aliphatic rings. The summed E-state index contributed by atoms with van der Waals surface area (Å²) in [6.45, 7) is 41.7. The van der Waals surface area contributed by atoms with Crippen molar-refractivity contribution in [3.8, 4) is 0 Å². The molecule has 4 spiro atoms. The predicted octanol–water partition coefficient (Wildman–Crippen LogP) is 8.64. The molecule has 2 saturated carbocycles. The van der Waals surface area contributed by atoms with Gasteiger partial charge in [0.25, 0.3) is 0 Å². The molecule has 0 aromatic heterocycles. The van der Waals surface area contributed by atoms with Crippen LogP contribution in [0.2, 0.25) is 0 Å². The van der Waals surface area contributed by atoms with Crippen molar-refractivity contribution < 1.29 is 50.4 Å². The van der Waals surface area contributed by atoms with Crippen LogP contribution in [0.4, 0.5) is 0 Å². The molecule has 4 saturated heterocycles. The van der Waals surface area contributed by atoms with Crippen LogP contribution in [0.1, 0.15) is 124 Å². The van der Waals surface area contributed by atoms with E-state index in [1.54, 1.807) is 0 Å². The number of carbonyl (C=O) groups excluding carboxylic acids is 2. The first-order chi connectivity index (χ1) is 19.6. The molecular weight excluding hydrogens is 941 g/mol. The van der Waals surface area contributed by atoms with E-state index < -0.39 is 0 Å². The second-order valence-corrected chi connectivity index (χ2v) is 20.9. The monoisotopic (exact) mass is 1010 g/mol. The van der Waals surface area contributed by atoms with Crippen molar-refractivity contribution in [2.24, 2.45) is 43.3 Å². The van der Waals surface area contributed by atoms with Crippen LogP contribution in [-0.4, -0.2) is 83.8 Å². The van der Waals surface area contributed by atoms with Crippen LogP contribution in [0.5, 0.6) is 0 Å². The molecule has 282 valence electrons. The van der Waals surface area contributed by atoms with Gasteiger partial charge < -0.3 is 25.5 Å². The summed E-state index contributed by atoms with van der Waals surface area (Å²) < 4.78 is 0. The fourth-order valence-corrected chi connectivity index (χ4v) is 10.9. The van der Waals surface area contributed by atoms with E-state index in [1.807, 2.05) is 0 Å². The zero-order valence-electron chi connectivity index (χ0n) is 34.2. The van der Waals surface area contributed by atoms with Crippen molar-refractivity contribution in [1.82, 2.24) is 9.80 Å². The van der Waals surface area contributed by atoms with Crippen LogP contribution >= 0.6 is 0 Å². The Kier molecular flexibility index (Phi) is 12.7. The number of carbonyl (C=O) groups is 2.